The summed E-state index contributed by atoms with van der Waals surface area (Å²) in [6.45, 7) is 0. The summed E-state index contributed by atoms with van der Waals surface area (Å²) in [5.41, 5.74) is 5.90. The third-order valence-electron chi connectivity index (χ3n) is 8.04. The Hall–Kier alpha value is -3.68. The molecular formula is C33H30N2O3S2. The van der Waals surface area contributed by atoms with Crippen LogP contribution in [0.15, 0.2) is 114 Å². The summed E-state index contributed by atoms with van der Waals surface area (Å²) in [4.78, 5) is 0.272. The molecule has 5 nitrogen and oxygen atoms in total. The average Bonchev–Trinajstić information content (AvgIpc) is 3.46. The van der Waals surface area contributed by atoms with Crippen molar-refractivity contribution in [1.29, 1.82) is 0 Å². The van der Waals surface area contributed by atoms with Crippen LogP contribution in [0.4, 0.5) is 11.4 Å². The SMILES string of the molecule is O=S(=O)(Nc1ccc(-c2ccccc2)cc1)c1ccc2c(c1)[C@H]1C=CC[C@H]1[C@@H](c1ccc(OC3CSC3)cc1)N2. The highest BCUT2D eigenvalue weighted by atomic mass is 32.2. The molecule has 202 valence electrons. The molecule has 4 aromatic rings. The van der Waals surface area contributed by atoms with Crippen LogP contribution in [0.25, 0.3) is 11.1 Å². The van der Waals surface area contributed by atoms with E-state index in [0.717, 1.165) is 46.1 Å². The predicted octanol–water partition coefficient (Wildman–Crippen LogP) is 7.48. The van der Waals surface area contributed by atoms with Crippen molar-refractivity contribution in [3.8, 4) is 16.9 Å². The summed E-state index contributed by atoms with van der Waals surface area (Å²) < 4.78 is 35.6. The first kappa shape index (κ1) is 25.3. The van der Waals surface area contributed by atoms with Gasteiger partial charge in [-0.15, -0.1) is 0 Å². The molecule has 3 atom stereocenters. The number of benzene rings is 4. The lowest BCUT2D eigenvalue weighted by atomic mass is 9.77. The fourth-order valence-corrected chi connectivity index (χ4v) is 7.53. The van der Waals surface area contributed by atoms with E-state index in [0.29, 0.717) is 17.7 Å². The summed E-state index contributed by atoms with van der Waals surface area (Å²) >= 11 is 1.91. The molecule has 3 aliphatic rings. The fourth-order valence-electron chi connectivity index (χ4n) is 5.87. The largest absolute Gasteiger partial charge is 0.489 e. The zero-order valence-electron chi connectivity index (χ0n) is 21.9. The smallest absolute Gasteiger partial charge is 0.261 e. The lowest BCUT2D eigenvalue weighted by molar-refractivity contribution is 0.240. The minimum absolute atomic E-state index is 0.143. The van der Waals surface area contributed by atoms with Crippen molar-refractivity contribution in [2.75, 3.05) is 21.5 Å². The van der Waals surface area contributed by atoms with Gasteiger partial charge in [0, 0.05) is 28.8 Å². The molecule has 40 heavy (non-hydrogen) atoms. The van der Waals surface area contributed by atoms with Crippen LogP contribution in [0.2, 0.25) is 0 Å². The fraction of sp³-hybridized carbons (Fsp3) is 0.212. The minimum atomic E-state index is -3.75. The zero-order chi connectivity index (χ0) is 27.1. The van der Waals surface area contributed by atoms with Crippen molar-refractivity contribution >= 4 is 33.2 Å². The van der Waals surface area contributed by atoms with Gasteiger partial charge in [0.1, 0.15) is 11.9 Å². The molecule has 0 radical (unpaired) electrons. The van der Waals surface area contributed by atoms with E-state index in [1.165, 1.54) is 5.56 Å². The molecule has 0 spiro atoms. The number of thioether (sulfide) groups is 1. The van der Waals surface area contributed by atoms with Gasteiger partial charge >= 0.3 is 0 Å². The van der Waals surface area contributed by atoms with Crippen molar-refractivity contribution in [3.05, 3.63) is 120 Å². The van der Waals surface area contributed by atoms with E-state index < -0.39 is 10.0 Å². The zero-order valence-corrected chi connectivity index (χ0v) is 23.5. The van der Waals surface area contributed by atoms with Gasteiger partial charge in [-0.1, -0.05) is 66.7 Å². The van der Waals surface area contributed by atoms with Gasteiger partial charge in [-0.25, -0.2) is 8.42 Å². The van der Waals surface area contributed by atoms with Crippen molar-refractivity contribution in [2.45, 2.75) is 29.4 Å². The molecular weight excluding hydrogens is 537 g/mol. The number of sulfonamides is 1. The lowest BCUT2D eigenvalue weighted by Crippen LogP contribution is -2.31. The molecule has 4 aromatic carbocycles. The van der Waals surface area contributed by atoms with Crippen LogP contribution in [0.3, 0.4) is 0 Å². The maximum Gasteiger partial charge on any atom is 0.261 e. The Morgan fingerprint density at radius 1 is 0.850 bits per heavy atom. The number of allylic oxidation sites excluding steroid dienone is 2. The monoisotopic (exact) mass is 566 g/mol. The van der Waals surface area contributed by atoms with Crippen LogP contribution < -0.4 is 14.8 Å². The highest BCUT2D eigenvalue weighted by Crippen LogP contribution is 2.50. The first-order chi connectivity index (χ1) is 19.5. The van der Waals surface area contributed by atoms with Gasteiger partial charge in [0.2, 0.25) is 0 Å². The summed E-state index contributed by atoms with van der Waals surface area (Å²) in [6.07, 6.45) is 5.73. The first-order valence-electron chi connectivity index (χ1n) is 13.6. The molecule has 7 heteroatoms. The quantitative estimate of drug-likeness (QED) is 0.227. The highest BCUT2D eigenvalue weighted by Gasteiger charge is 2.38. The summed E-state index contributed by atoms with van der Waals surface area (Å²) in [5, 5.41) is 3.72. The molecule has 0 aromatic heterocycles. The Balaban J connectivity index is 1.11. The number of hydrogen-bond acceptors (Lipinski definition) is 5. The molecule has 0 amide bonds. The summed E-state index contributed by atoms with van der Waals surface area (Å²) in [7, 11) is -3.75. The van der Waals surface area contributed by atoms with Crippen LogP contribution in [-0.4, -0.2) is 26.0 Å². The molecule has 0 saturated carbocycles. The standard InChI is InChI=1S/C33H30N2O3S2/c36-40(37,35-25-13-9-23(10-14-25)22-5-2-1-3-6-22)28-17-18-32-31(19-28)29-7-4-8-30(29)33(34-32)24-11-15-26(16-12-24)38-27-20-39-21-27/h1-7,9-19,27,29-30,33-35H,8,20-21H2/t29-,30+,33+/m0/s1. The van der Waals surface area contributed by atoms with Gasteiger partial charge in [-0.3, -0.25) is 4.72 Å². The van der Waals surface area contributed by atoms with Crippen molar-refractivity contribution in [3.63, 3.8) is 0 Å². The summed E-state index contributed by atoms with van der Waals surface area (Å²) in [6, 6.07) is 31.5. The number of nitrogens with one attached hydrogen (secondary N) is 2. The average molecular weight is 567 g/mol. The van der Waals surface area contributed by atoms with E-state index in [4.69, 9.17) is 4.74 Å². The van der Waals surface area contributed by atoms with E-state index in [1.54, 1.807) is 6.07 Å². The molecule has 2 heterocycles. The normalized spacial score (nSPS) is 21.6. The Morgan fingerprint density at radius 3 is 2.33 bits per heavy atom. The van der Waals surface area contributed by atoms with Crippen LogP contribution in [0.1, 0.15) is 29.5 Å². The van der Waals surface area contributed by atoms with Gasteiger partial charge in [-0.05, 0) is 77.1 Å². The molecule has 0 unspecified atom stereocenters. The third kappa shape index (κ3) is 4.88. The van der Waals surface area contributed by atoms with E-state index in [2.05, 4.69) is 46.5 Å². The molecule has 1 aliphatic carbocycles. The molecule has 2 aliphatic heterocycles. The maximum atomic E-state index is 13.4. The van der Waals surface area contributed by atoms with Crippen LogP contribution >= 0.6 is 11.8 Å². The maximum absolute atomic E-state index is 13.4. The highest BCUT2D eigenvalue weighted by molar-refractivity contribution is 8.00. The van der Waals surface area contributed by atoms with Gasteiger partial charge in [-0.2, -0.15) is 11.8 Å². The topological polar surface area (TPSA) is 67.4 Å². The minimum Gasteiger partial charge on any atom is -0.489 e. The van der Waals surface area contributed by atoms with Gasteiger partial charge in [0.15, 0.2) is 0 Å². The Labute approximate surface area is 239 Å². The van der Waals surface area contributed by atoms with Crippen molar-refractivity contribution in [1.82, 2.24) is 0 Å². The van der Waals surface area contributed by atoms with E-state index in [9.17, 15) is 8.42 Å². The molecule has 0 bridgehead atoms. The molecule has 2 N–H and O–H groups in total. The van der Waals surface area contributed by atoms with Gasteiger partial charge < -0.3 is 10.1 Å². The second kappa shape index (κ2) is 10.4. The van der Waals surface area contributed by atoms with Crippen LogP contribution in [0, 0.1) is 5.92 Å². The van der Waals surface area contributed by atoms with E-state index in [1.807, 2.05) is 78.5 Å². The predicted molar refractivity (Wildman–Crippen MR) is 164 cm³/mol. The van der Waals surface area contributed by atoms with Crippen LogP contribution in [-0.2, 0) is 10.0 Å². The molecule has 1 fully saturated rings. The summed E-state index contributed by atoms with van der Waals surface area (Å²) in [5.74, 6) is 3.52. The number of fused-ring (bicyclic) bond motifs is 3. The van der Waals surface area contributed by atoms with E-state index in [-0.39, 0.29) is 16.9 Å². The first-order valence-corrected chi connectivity index (χ1v) is 16.3. The van der Waals surface area contributed by atoms with Gasteiger partial charge in [0.25, 0.3) is 10.0 Å². The Bertz CT molecular complexity index is 1650. The Morgan fingerprint density at radius 2 is 1.60 bits per heavy atom. The lowest BCUT2D eigenvalue weighted by Gasteiger charge is -2.38. The van der Waals surface area contributed by atoms with Crippen LogP contribution in [0.5, 0.6) is 5.75 Å². The third-order valence-corrected chi connectivity index (χ3v) is 10.6. The van der Waals surface area contributed by atoms with Crippen molar-refractivity contribution in [2.24, 2.45) is 5.92 Å². The van der Waals surface area contributed by atoms with Gasteiger partial charge in [0.05, 0.1) is 10.9 Å². The number of rotatable bonds is 7. The number of anilines is 2. The number of ether oxygens (including phenoxy) is 1. The van der Waals surface area contributed by atoms with E-state index >= 15 is 0 Å². The second-order valence-electron chi connectivity index (χ2n) is 10.6. The second-order valence-corrected chi connectivity index (χ2v) is 13.4. The van der Waals surface area contributed by atoms with Crippen molar-refractivity contribution < 1.29 is 13.2 Å². The molecule has 1 saturated heterocycles. The molecule has 7 rings (SSSR count). The number of hydrogen-bond donors (Lipinski definition) is 2. The Kier molecular flexibility index (Phi) is 6.56.